The first-order valence-corrected chi connectivity index (χ1v) is 6.13. The molecule has 4 nitrogen and oxygen atoms in total. The van der Waals surface area contributed by atoms with Gasteiger partial charge in [-0.05, 0) is 45.8 Å². The molecule has 0 saturated heterocycles. The molecule has 0 radical (unpaired) electrons. The molecule has 0 spiro atoms. The maximum atomic E-state index is 11.5. The topological polar surface area (TPSA) is 53.2 Å². The first-order chi connectivity index (χ1) is 7.37. The van der Waals surface area contributed by atoms with Crippen LogP contribution in [0.5, 0.6) is 0 Å². The van der Waals surface area contributed by atoms with Crippen LogP contribution in [-0.4, -0.2) is 29.1 Å². The van der Waals surface area contributed by atoms with Crippen molar-refractivity contribution < 1.29 is 4.79 Å². The summed E-state index contributed by atoms with van der Waals surface area (Å²) in [5.74, 6) is 0.0502. The quantitative estimate of drug-likeness (QED) is 0.643. The highest BCUT2D eigenvalue weighted by Crippen LogP contribution is 2.18. The van der Waals surface area contributed by atoms with Gasteiger partial charge < -0.3 is 16.0 Å². The van der Waals surface area contributed by atoms with E-state index in [1.165, 1.54) is 12.8 Å². The predicted octanol–water partition coefficient (Wildman–Crippen LogP) is 0.918. The number of thiocarbonyl (C=S) groups is 1. The largest absolute Gasteiger partial charge is 0.362 e. The van der Waals surface area contributed by atoms with Gasteiger partial charge in [0.2, 0.25) is 5.91 Å². The zero-order valence-corrected chi connectivity index (χ0v) is 11.0. The monoisotopic (exact) mass is 243 g/mol. The van der Waals surface area contributed by atoms with Gasteiger partial charge in [-0.1, -0.05) is 0 Å². The van der Waals surface area contributed by atoms with Crippen molar-refractivity contribution in [2.75, 3.05) is 6.54 Å². The summed E-state index contributed by atoms with van der Waals surface area (Å²) < 4.78 is 0. The lowest BCUT2D eigenvalue weighted by atomic mass is 10.1. The first kappa shape index (κ1) is 13.2. The van der Waals surface area contributed by atoms with Crippen LogP contribution in [0.3, 0.4) is 0 Å². The third-order valence-electron chi connectivity index (χ3n) is 2.06. The number of carbonyl (C=O) groups excluding carboxylic acids is 1. The van der Waals surface area contributed by atoms with E-state index in [2.05, 4.69) is 16.0 Å². The second kappa shape index (κ2) is 5.48. The molecule has 3 N–H and O–H groups in total. The van der Waals surface area contributed by atoms with Crippen molar-refractivity contribution in [3.05, 3.63) is 0 Å². The second-order valence-corrected chi connectivity index (χ2v) is 5.63. The minimum atomic E-state index is -0.163. The molecule has 0 aromatic rings. The Balaban J connectivity index is 2.05. The van der Waals surface area contributed by atoms with E-state index in [9.17, 15) is 4.79 Å². The molecule has 16 heavy (non-hydrogen) atoms. The van der Waals surface area contributed by atoms with E-state index < -0.39 is 0 Å². The number of amides is 1. The van der Waals surface area contributed by atoms with Crippen molar-refractivity contribution in [1.82, 2.24) is 16.0 Å². The van der Waals surface area contributed by atoms with Gasteiger partial charge in [-0.3, -0.25) is 4.79 Å². The second-order valence-electron chi connectivity index (χ2n) is 5.22. The fraction of sp³-hybridized carbons (Fsp3) is 0.818. The molecule has 5 heteroatoms. The van der Waals surface area contributed by atoms with E-state index in [4.69, 9.17) is 12.2 Å². The van der Waals surface area contributed by atoms with Gasteiger partial charge in [0.15, 0.2) is 5.11 Å². The molecule has 0 aromatic carbocycles. The van der Waals surface area contributed by atoms with Gasteiger partial charge >= 0.3 is 0 Å². The maximum Gasteiger partial charge on any atom is 0.222 e. The molecule has 1 fully saturated rings. The molecule has 1 aliphatic rings. The maximum absolute atomic E-state index is 11.5. The fourth-order valence-corrected chi connectivity index (χ4v) is 1.50. The molecule has 0 unspecified atom stereocenters. The van der Waals surface area contributed by atoms with Crippen LogP contribution in [0.1, 0.15) is 40.0 Å². The highest BCUT2D eigenvalue weighted by Gasteiger charge is 2.21. The highest BCUT2D eigenvalue weighted by atomic mass is 32.1. The van der Waals surface area contributed by atoms with Gasteiger partial charge in [-0.2, -0.15) is 0 Å². The molecule has 0 aliphatic heterocycles. The summed E-state index contributed by atoms with van der Waals surface area (Å²) in [6.07, 6.45) is 2.85. The molecule has 1 aliphatic carbocycles. The molecule has 1 amide bonds. The van der Waals surface area contributed by atoms with E-state index >= 15 is 0 Å². The summed E-state index contributed by atoms with van der Waals surface area (Å²) in [4.78, 5) is 11.5. The standard InChI is InChI=1S/C11H21N3OS/c1-11(2,3)14-9(15)6-7-12-10(16)13-8-4-5-8/h8H,4-7H2,1-3H3,(H,14,15)(H2,12,13,16). The molecular formula is C11H21N3OS. The van der Waals surface area contributed by atoms with Crippen molar-refractivity contribution in [3.8, 4) is 0 Å². The van der Waals surface area contributed by atoms with Crippen LogP contribution in [0.4, 0.5) is 0 Å². The Hall–Kier alpha value is -0.840. The normalized spacial score (nSPS) is 15.4. The van der Waals surface area contributed by atoms with Crippen LogP contribution >= 0.6 is 12.2 Å². The Kier molecular flexibility index (Phi) is 4.53. The summed E-state index contributed by atoms with van der Waals surface area (Å²) in [5.41, 5.74) is -0.163. The third kappa shape index (κ3) is 6.61. The van der Waals surface area contributed by atoms with Crippen molar-refractivity contribution in [1.29, 1.82) is 0 Å². The van der Waals surface area contributed by atoms with Crippen LogP contribution in [0.15, 0.2) is 0 Å². The third-order valence-corrected chi connectivity index (χ3v) is 2.33. The van der Waals surface area contributed by atoms with Gasteiger partial charge in [-0.15, -0.1) is 0 Å². The van der Waals surface area contributed by atoms with E-state index in [-0.39, 0.29) is 11.4 Å². The van der Waals surface area contributed by atoms with Crippen LogP contribution in [0.2, 0.25) is 0 Å². The fourth-order valence-electron chi connectivity index (χ4n) is 1.23. The van der Waals surface area contributed by atoms with Gasteiger partial charge in [0.25, 0.3) is 0 Å². The Morgan fingerprint density at radius 2 is 2.00 bits per heavy atom. The van der Waals surface area contributed by atoms with E-state index in [1.807, 2.05) is 20.8 Å². The molecule has 0 bridgehead atoms. The van der Waals surface area contributed by atoms with E-state index in [0.29, 0.717) is 24.1 Å². The van der Waals surface area contributed by atoms with Crippen LogP contribution in [-0.2, 0) is 4.79 Å². The Morgan fingerprint density at radius 3 is 2.50 bits per heavy atom. The van der Waals surface area contributed by atoms with Crippen LogP contribution in [0.25, 0.3) is 0 Å². The molecule has 1 rings (SSSR count). The highest BCUT2D eigenvalue weighted by molar-refractivity contribution is 7.80. The predicted molar refractivity (Wildman–Crippen MR) is 69.3 cm³/mol. The summed E-state index contributed by atoms with van der Waals surface area (Å²) in [5, 5.41) is 9.76. The minimum Gasteiger partial charge on any atom is -0.362 e. The minimum absolute atomic E-state index is 0.0502. The lowest BCUT2D eigenvalue weighted by molar-refractivity contribution is -0.122. The molecule has 92 valence electrons. The summed E-state index contributed by atoms with van der Waals surface area (Å²) in [7, 11) is 0. The molecule has 0 aromatic heterocycles. The number of carbonyl (C=O) groups is 1. The SMILES string of the molecule is CC(C)(C)NC(=O)CCNC(=S)NC1CC1. The van der Waals surface area contributed by atoms with Crippen LogP contribution < -0.4 is 16.0 Å². The summed E-state index contributed by atoms with van der Waals surface area (Å²) in [6.45, 7) is 6.49. The zero-order valence-electron chi connectivity index (χ0n) is 10.2. The van der Waals surface area contributed by atoms with E-state index in [1.54, 1.807) is 0 Å². The van der Waals surface area contributed by atoms with Gasteiger partial charge in [0, 0.05) is 24.5 Å². The Morgan fingerprint density at radius 1 is 1.38 bits per heavy atom. The molecule has 1 saturated carbocycles. The Bertz CT molecular complexity index is 269. The molecule has 0 heterocycles. The van der Waals surface area contributed by atoms with Crippen molar-refractivity contribution in [3.63, 3.8) is 0 Å². The zero-order chi connectivity index (χ0) is 12.2. The first-order valence-electron chi connectivity index (χ1n) is 5.72. The number of hydrogen-bond acceptors (Lipinski definition) is 2. The van der Waals surface area contributed by atoms with Gasteiger partial charge in [0.1, 0.15) is 0 Å². The number of hydrogen-bond donors (Lipinski definition) is 3. The van der Waals surface area contributed by atoms with Crippen molar-refractivity contribution in [2.24, 2.45) is 0 Å². The van der Waals surface area contributed by atoms with E-state index in [0.717, 1.165) is 0 Å². The van der Waals surface area contributed by atoms with Gasteiger partial charge in [0.05, 0.1) is 0 Å². The number of nitrogens with one attached hydrogen (secondary N) is 3. The van der Waals surface area contributed by atoms with Crippen LogP contribution in [0, 0.1) is 0 Å². The Labute approximate surface area is 103 Å². The molecular weight excluding hydrogens is 222 g/mol. The van der Waals surface area contributed by atoms with Gasteiger partial charge in [-0.25, -0.2) is 0 Å². The molecule has 0 atom stereocenters. The average molecular weight is 243 g/mol. The smallest absolute Gasteiger partial charge is 0.222 e. The summed E-state index contributed by atoms with van der Waals surface area (Å²) >= 11 is 5.08. The number of rotatable bonds is 4. The summed E-state index contributed by atoms with van der Waals surface area (Å²) in [6, 6.07) is 0.559. The lowest BCUT2D eigenvalue weighted by Gasteiger charge is -2.20. The lowest BCUT2D eigenvalue weighted by Crippen LogP contribution is -2.43. The van der Waals surface area contributed by atoms with Crippen molar-refractivity contribution >= 4 is 23.2 Å². The average Bonchev–Trinajstić information content (AvgIpc) is 2.84. The van der Waals surface area contributed by atoms with Crippen molar-refractivity contribution in [2.45, 2.75) is 51.6 Å².